The fraction of sp³-hybridized carbons (Fsp3) is 0.0200. The zero-order valence-corrected chi connectivity index (χ0v) is 30.0. The predicted octanol–water partition coefficient (Wildman–Crippen LogP) is 11.5. The first-order chi connectivity index (χ1) is 27.7. The molecule has 11 rings (SSSR count). The minimum Gasteiger partial charge on any atom is -0.457 e. The highest BCUT2D eigenvalue weighted by molar-refractivity contribution is 5.92. The van der Waals surface area contributed by atoms with Gasteiger partial charge in [-0.15, -0.1) is 10.2 Å². The molecule has 262 valence electrons. The van der Waals surface area contributed by atoms with Crippen molar-refractivity contribution in [3.63, 3.8) is 0 Å². The summed E-state index contributed by atoms with van der Waals surface area (Å²) in [5, 5.41) is 9.37. The Morgan fingerprint density at radius 3 is 1.25 bits per heavy atom. The van der Waals surface area contributed by atoms with E-state index in [0.717, 1.165) is 73.0 Å². The Labute approximate surface area is 323 Å². The molecule has 0 N–H and O–H groups in total. The van der Waals surface area contributed by atoms with Crippen LogP contribution in [0.25, 0.3) is 67.8 Å². The van der Waals surface area contributed by atoms with E-state index in [4.69, 9.17) is 24.8 Å². The van der Waals surface area contributed by atoms with Crippen LogP contribution in [0.2, 0.25) is 0 Å². The fourth-order valence-electron chi connectivity index (χ4n) is 8.39. The van der Waals surface area contributed by atoms with Gasteiger partial charge < -0.3 is 4.74 Å². The second-order valence-corrected chi connectivity index (χ2v) is 14.1. The van der Waals surface area contributed by atoms with Crippen molar-refractivity contribution in [3.05, 3.63) is 210 Å². The summed E-state index contributed by atoms with van der Waals surface area (Å²) in [5.41, 5.74) is 12.5. The first-order valence-electron chi connectivity index (χ1n) is 18.7. The third-order valence-electron chi connectivity index (χ3n) is 10.9. The highest BCUT2D eigenvalue weighted by Crippen LogP contribution is 2.62. The number of hydrogen-bond donors (Lipinski definition) is 0. The van der Waals surface area contributed by atoms with Gasteiger partial charge >= 0.3 is 0 Å². The van der Waals surface area contributed by atoms with Crippen LogP contribution >= 0.6 is 0 Å². The summed E-state index contributed by atoms with van der Waals surface area (Å²) >= 11 is 0. The molecule has 9 aromatic rings. The van der Waals surface area contributed by atoms with Crippen molar-refractivity contribution in [1.82, 2.24) is 25.1 Å². The topological polar surface area (TPSA) is 73.7 Å². The summed E-state index contributed by atoms with van der Waals surface area (Å²) in [6.45, 7) is 0. The maximum atomic E-state index is 6.59. The van der Waals surface area contributed by atoms with Crippen LogP contribution in [0.3, 0.4) is 0 Å². The van der Waals surface area contributed by atoms with Gasteiger partial charge in [0, 0.05) is 38.9 Å². The Morgan fingerprint density at radius 2 is 0.732 bits per heavy atom. The molecule has 1 aliphatic heterocycles. The zero-order chi connectivity index (χ0) is 37.1. The molecule has 2 aromatic heterocycles. The lowest BCUT2D eigenvalue weighted by Crippen LogP contribution is -2.32. The summed E-state index contributed by atoms with van der Waals surface area (Å²) < 4.78 is 6.59. The highest BCUT2D eigenvalue weighted by atomic mass is 16.5. The average molecular weight is 718 g/mol. The lowest BCUT2D eigenvalue weighted by molar-refractivity contribution is 0.436. The molecule has 0 radical (unpaired) electrons. The largest absolute Gasteiger partial charge is 0.457 e. The zero-order valence-electron chi connectivity index (χ0n) is 30.0. The van der Waals surface area contributed by atoms with E-state index in [1.165, 1.54) is 11.1 Å². The summed E-state index contributed by atoms with van der Waals surface area (Å²) in [6, 6.07) is 64.6. The Bertz CT molecular complexity index is 2830. The van der Waals surface area contributed by atoms with Gasteiger partial charge in [-0.2, -0.15) is 0 Å². The maximum absolute atomic E-state index is 6.59. The highest BCUT2D eigenvalue weighted by Gasteiger charge is 2.51. The molecule has 0 atom stereocenters. The number of ether oxygens (including phenoxy) is 1. The van der Waals surface area contributed by atoms with E-state index in [0.29, 0.717) is 17.5 Å². The molecule has 0 fully saturated rings. The van der Waals surface area contributed by atoms with E-state index in [-0.39, 0.29) is 0 Å². The van der Waals surface area contributed by atoms with Crippen LogP contribution in [0.4, 0.5) is 0 Å². The van der Waals surface area contributed by atoms with E-state index in [1.54, 1.807) is 0 Å². The number of rotatable bonds is 5. The second-order valence-electron chi connectivity index (χ2n) is 14.1. The van der Waals surface area contributed by atoms with Gasteiger partial charge in [-0.3, -0.25) is 0 Å². The van der Waals surface area contributed by atoms with Crippen LogP contribution in [0.15, 0.2) is 188 Å². The molecule has 2 aliphatic rings. The summed E-state index contributed by atoms with van der Waals surface area (Å²) in [7, 11) is 0. The van der Waals surface area contributed by atoms with Crippen molar-refractivity contribution in [2.75, 3.05) is 0 Å². The molecular weight excluding hydrogens is 687 g/mol. The molecule has 0 unspecified atom stereocenters. The van der Waals surface area contributed by atoms with Crippen molar-refractivity contribution >= 4 is 0 Å². The molecular formula is C50H31N5O. The summed E-state index contributed by atoms with van der Waals surface area (Å²) in [4.78, 5) is 15.1. The third-order valence-corrected chi connectivity index (χ3v) is 10.9. The molecule has 6 heteroatoms. The Hall–Kier alpha value is -7.57. The lowest BCUT2D eigenvalue weighted by atomic mass is 9.66. The van der Waals surface area contributed by atoms with E-state index in [2.05, 4.69) is 96.1 Å². The van der Waals surface area contributed by atoms with Gasteiger partial charge in [0.15, 0.2) is 17.5 Å². The third kappa shape index (κ3) is 5.00. The van der Waals surface area contributed by atoms with Gasteiger partial charge in [-0.1, -0.05) is 152 Å². The molecule has 1 spiro atoms. The molecule has 0 saturated heterocycles. The van der Waals surface area contributed by atoms with Crippen LogP contribution in [-0.4, -0.2) is 25.1 Å². The maximum Gasteiger partial charge on any atom is 0.164 e. The number of para-hydroxylation sites is 2. The number of nitrogens with zero attached hydrogens (tertiary/aromatic N) is 5. The van der Waals surface area contributed by atoms with Crippen molar-refractivity contribution in [3.8, 4) is 79.3 Å². The minimum absolute atomic E-state index is 0.606. The van der Waals surface area contributed by atoms with Gasteiger partial charge in [0.2, 0.25) is 0 Å². The van der Waals surface area contributed by atoms with Crippen molar-refractivity contribution in [2.45, 2.75) is 5.41 Å². The standard InChI is InChI=1S/C50H31N5O/c1-4-14-32(15-5-1)43-28-29-44(55-54-43)35-24-26-39-37(30-35)38-31-36(49-52-47(33-16-6-2-7-17-33)51-48(53-49)34-18-8-3-9-19-34)25-27-40(38)50(39)41-20-10-12-22-45(41)56-46-23-13-11-21-42(46)50/h1-31H. The van der Waals surface area contributed by atoms with Gasteiger partial charge in [0.1, 0.15) is 11.5 Å². The first-order valence-corrected chi connectivity index (χ1v) is 18.7. The second kappa shape index (κ2) is 12.8. The van der Waals surface area contributed by atoms with Crippen LogP contribution in [-0.2, 0) is 5.41 Å². The number of benzene rings is 7. The fourth-order valence-corrected chi connectivity index (χ4v) is 8.39. The van der Waals surface area contributed by atoms with E-state index in [1.807, 2.05) is 97.1 Å². The normalized spacial score (nSPS) is 12.9. The Balaban J connectivity index is 1.14. The van der Waals surface area contributed by atoms with Crippen LogP contribution in [0, 0.1) is 0 Å². The van der Waals surface area contributed by atoms with Crippen LogP contribution < -0.4 is 4.74 Å². The van der Waals surface area contributed by atoms with Crippen molar-refractivity contribution < 1.29 is 4.74 Å². The van der Waals surface area contributed by atoms with Crippen molar-refractivity contribution in [2.24, 2.45) is 0 Å². The Kier molecular flexibility index (Phi) is 7.29. The molecule has 0 amide bonds. The van der Waals surface area contributed by atoms with E-state index >= 15 is 0 Å². The molecule has 0 saturated carbocycles. The molecule has 7 aromatic carbocycles. The van der Waals surface area contributed by atoms with E-state index < -0.39 is 5.41 Å². The molecule has 0 bridgehead atoms. The summed E-state index contributed by atoms with van der Waals surface area (Å²) in [6.07, 6.45) is 0. The van der Waals surface area contributed by atoms with Crippen LogP contribution in [0.1, 0.15) is 22.3 Å². The van der Waals surface area contributed by atoms with Gasteiger partial charge in [0.25, 0.3) is 0 Å². The van der Waals surface area contributed by atoms with Crippen LogP contribution in [0.5, 0.6) is 11.5 Å². The van der Waals surface area contributed by atoms with E-state index in [9.17, 15) is 0 Å². The smallest absolute Gasteiger partial charge is 0.164 e. The van der Waals surface area contributed by atoms with Gasteiger partial charge in [-0.25, -0.2) is 15.0 Å². The Morgan fingerprint density at radius 1 is 0.321 bits per heavy atom. The summed E-state index contributed by atoms with van der Waals surface area (Å²) in [5.74, 6) is 3.54. The number of hydrogen-bond acceptors (Lipinski definition) is 6. The van der Waals surface area contributed by atoms with Gasteiger partial charge in [0.05, 0.1) is 16.8 Å². The molecule has 56 heavy (non-hydrogen) atoms. The molecule has 6 nitrogen and oxygen atoms in total. The SMILES string of the molecule is c1ccc(-c2ccc(-c3ccc4c(c3)-c3cc(-c5nc(-c6ccccc6)nc(-c6ccccc6)n5)ccc3C43c4ccccc4Oc4ccccc43)nn2)cc1. The predicted molar refractivity (Wildman–Crippen MR) is 220 cm³/mol. The first kappa shape index (κ1) is 31.9. The average Bonchev–Trinajstić information content (AvgIpc) is 3.56. The lowest BCUT2D eigenvalue weighted by Gasteiger charge is -2.39. The molecule has 1 aliphatic carbocycles. The quantitative estimate of drug-likeness (QED) is 0.176. The molecule has 3 heterocycles. The number of aromatic nitrogens is 5. The van der Waals surface area contributed by atoms with Crippen molar-refractivity contribution in [1.29, 1.82) is 0 Å². The number of fused-ring (bicyclic) bond motifs is 9. The van der Waals surface area contributed by atoms with Gasteiger partial charge in [-0.05, 0) is 58.7 Å². The minimum atomic E-state index is -0.625. The monoisotopic (exact) mass is 717 g/mol.